The predicted molar refractivity (Wildman–Crippen MR) is 129 cm³/mol. The molecule has 0 fully saturated rings. The van der Waals surface area contributed by atoms with Gasteiger partial charge in [0.1, 0.15) is 0 Å². The molecule has 0 unspecified atom stereocenters. The summed E-state index contributed by atoms with van der Waals surface area (Å²) in [5, 5.41) is 3.11. The molecular formula is C29H25P. The van der Waals surface area contributed by atoms with E-state index in [4.69, 9.17) is 0 Å². The van der Waals surface area contributed by atoms with Crippen LogP contribution in [0.15, 0.2) is 78.9 Å². The van der Waals surface area contributed by atoms with Crippen molar-refractivity contribution in [3.63, 3.8) is 0 Å². The fourth-order valence-electron chi connectivity index (χ4n) is 5.40. The second-order valence-electron chi connectivity index (χ2n) is 8.53. The van der Waals surface area contributed by atoms with Crippen molar-refractivity contribution in [3.05, 3.63) is 101 Å². The van der Waals surface area contributed by atoms with Gasteiger partial charge >= 0.3 is 0 Å². The van der Waals surface area contributed by atoms with Crippen LogP contribution in [0, 0.1) is 0 Å². The first-order chi connectivity index (χ1) is 14.9. The van der Waals surface area contributed by atoms with Crippen molar-refractivity contribution in [2.75, 3.05) is 0 Å². The summed E-state index contributed by atoms with van der Waals surface area (Å²) in [5.41, 5.74) is 12.1. The number of rotatable bonds is 1. The Bertz CT molecular complexity index is 1160. The molecular weight excluding hydrogens is 379 g/mol. The van der Waals surface area contributed by atoms with Crippen molar-refractivity contribution in [3.8, 4) is 32.8 Å². The van der Waals surface area contributed by atoms with Crippen LogP contribution >= 0.6 is 8.19 Å². The zero-order valence-corrected chi connectivity index (χ0v) is 18.1. The molecule has 0 bridgehead atoms. The zero-order chi connectivity index (χ0) is 19.9. The van der Waals surface area contributed by atoms with Crippen molar-refractivity contribution in [2.45, 2.75) is 38.5 Å². The molecule has 0 aliphatic heterocycles. The molecule has 0 radical (unpaired) electrons. The normalized spacial score (nSPS) is 14.5. The number of hydrogen-bond donors (Lipinski definition) is 0. The summed E-state index contributed by atoms with van der Waals surface area (Å²) in [6, 6.07) is 29.4. The van der Waals surface area contributed by atoms with Gasteiger partial charge in [0.2, 0.25) is 0 Å². The lowest BCUT2D eigenvalue weighted by Crippen LogP contribution is -1.99. The highest BCUT2D eigenvalue weighted by Crippen LogP contribution is 2.51. The lowest BCUT2D eigenvalue weighted by molar-refractivity contribution is 0.823. The summed E-state index contributed by atoms with van der Waals surface area (Å²) in [4.78, 5) is 0. The van der Waals surface area contributed by atoms with Crippen molar-refractivity contribution < 1.29 is 0 Å². The zero-order valence-electron chi connectivity index (χ0n) is 17.2. The fourth-order valence-corrected chi connectivity index (χ4v) is 7.02. The van der Waals surface area contributed by atoms with Crippen molar-refractivity contribution >= 4 is 8.19 Å². The van der Waals surface area contributed by atoms with Crippen LogP contribution in [-0.4, -0.2) is 0 Å². The van der Waals surface area contributed by atoms with Crippen LogP contribution in [0.3, 0.4) is 0 Å². The van der Waals surface area contributed by atoms with E-state index in [1.54, 1.807) is 21.7 Å². The molecule has 30 heavy (non-hydrogen) atoms. The van der Waals surface area contributed by atoms with Crippen LogP contribution in [0.4, 0.5) is 0 Å². The molecule has 0 N–H and O–H groups in total. The van der Waals surface area contributed by atoms with E-state index in [0.717, 1.165) is 0 Å². The van der Waals surface area contributed by atoms with Gasteiger partial charge in [0.25, 0.3) is 0 Å². The average Bonchev–Trinajstić information content (AvgIpc) is 3.10. The van der Waals surface area contributed by atoms with Crippen LogP contribution in [-0.2, 0) is 25.7 Å². The molecule has 0 amide bonds. The van der Waals surface area contributed by atoms with Crippen molar-refractivity contribution in [1.82, 2.24) is 0 Å². The Morgan fingerprint density at radius 3 is 1.57 bits per heavy atom. The lowest BCUT2D eigenvalue weighted by Gasteiger charge is -2.22. The number of fused-ring (bicyclic) bond motifs is 6. The second-order valence-corrected chi connectivity index (χ2v) is 9.65. The Balaban J connectivity index is 1.74. The molecule has 3 aromatic carbocycles. The maximum absolute atomic E-state index is 2.36. The third-order valence-electron chi connectivity index (χ3n) is 6.75. The van der Waals surface area contributed by atoms with Gasteiger partial charge in [-0.15, -0.1) is 0 Å². The molecule has 0 saturated carbocycles. The van der Waals surface area contributed by atoms with Gasteiger partial charge in [-0.25, -0.2) is 0 Å². The van der Waals surface area contributed by atoms with Crippen LogP contribution < -0.4 is 0 Å². The minimum absolute atomic E-state index is 1.18. The molecule has 146 valence electrons. The summed E-state index contributed by atoms with van der Waals surface area (Å²) < 4.78 is 0. The quantitative estimate of drug-likeness (QED) is 0.300. The summed E-state index contributed by atoms with van der Waals surface area (Å²) in [6.45, 7) is 0. The van der Waals surface area contributed by atoms with Gasteiger partial charge in [-0.1, -0.05) is 87.1 Å². The first kappa shape index (κ1) is 18.1. The topological polar surface area (TPSA) is 0 Å². The summed E-state index contributed by atoms with van der Waals surface area (Å²) in [6.07, 6.45) is 7.20. The van der Waals surface area contributed by atoms with Crippen LogP contribution in [0.5, 0.6) is 0 Å². The average molecular weight is 404 g/mol. The molecule has 0 spiro atoms. The monoisotopic (exact) mass is 404 g/mol. The Kier molecular flexibility index (Phi) is 4.55. The Hall–Kier alpha value is -2.69. The second kappa shape index (κ2) is 7.53. The Labute approximate surface area is 180 Å². The van der Waals surface area contributed by atoms with Crippen LogP contribution in [0.2, 0.25) is 0 Å². The first-order valence-electron chi connectivity index (χ1n) is 11.2. The van der Waals surface area contributed by atoms with Gasteiger partial charge in [0, 0.05) is 10.6 Å². The van der Waals surface area contributed by atoms with Gasteiger partial charge in [0.05, 0.1) is 0 Å². The van der Waals surface area contributed by atoms with E-state index >= 15 is 0 Å². The molecule has 6 rings (SSSR count). The number of benzene rings is 3. The molecule has 1 heterocycles. The van der Waals surface area contributed by atoms with Gasteiger partial charge in [-0.2, -0.15) is 0 Å². The summed E-state index contributed by atoms with van der Waals surface area (Å²) in [7, 11) is 1.40. The minimum atomic E-state index is 1.18. The van der Waals surface area contributed by atoms with Gasteiger partial charge in [-0.05, 0) is 83.0 Å². The van der Waals surface area contributed by atoms with Crippen molar-refractivity contribution in [2.24, 2.45) is 0 Å². The fraction of sp³-hybridized carbons (Fsp3) is 0.207. The minimum Gasteiger partial charge on any atom is -0.0622 e. The largest absolute Gasteiger partial charge is 0.0622 e. The number of aryl methyl sites for hydroxylation is 2. The van der Waals surface area contributed by atoms with E-state index < -0.39 is 0 Å². The van der Waals surface area contributed by atoms with Crippen LogP contribution in [0.25, 0.3) is 32.8 Å². The van der Waals surface area contributed by atoms with E-state index in [1.807, 2.05) is 0 Å². The van der Waals surface area contributed by atoms with E-state index in [2.05, 4.69) is 78.9 Å². The number of hydrogen-bond acceptors (Lipinski definition) is 0. The van der Waals surface area contributed by atoms with E-state index in [9.17, 15) is 0 Å². The SMILES string of the molecule is c1ccc(-c2c3c(pc4c2CCCc2ccccc2-4)-c2ccccc2CCC3)cc1. The Morgan fingerprint density at radius 2 is 1.00 bits per heavy atom. The molecule has 0 atom stereocenters. The maximum Gasteiger partial charge on any atom is 0.0137 e. The van der Waals surface area contributed by atoms with Gasteiger partial charge in [0.15, 0.2) is 0 Å². The standard InChI is InChI=1S/C29H25P/c1-2-12-22(13-3-1)27-25-18-8-14-20-10-4-6-16-23(20)28(25)30-29-24-17-7-5-11-21(24)15-9-19-26(27)29/h1-7,10-13,16-17H,8-9,14-15,18-19H2. The molecule has 1 aromatic heterocycles. The van der Waals surface area contributed by atoms with Gasteiger partial charge < -0.3 is 0 Å². The smallest absolute Gasteiger partial charge is 0.0137 e. The molecule has 2 aliphatic rings. The lowest BCUT2D eigenvalue weighted by atomic mass is 9.90. The highest BCUT2D eigenvalue weighted by atomic mass is 31.0. The maximum atomic E-state index is 2.36. The first-order valence-corrected chi connectivity index (χ1v) is 12.1. The summed E-state index contributed by atoms with van der Waals surface area (Å²) in [5.74, 6) is 0. The van der Waals surface area contributed by atoms with E-state index in [0.29, 0.717) is 0 Å². The molecule has 2 aliphatic carbocycles. The molecule has 4 aromatic rings. The predicted octanol–water partition coefficient (Wildman–Crippen LogP) is 8.25. The third-order valence-corrected chi connectivity index (χ3v) is 8.22. The molecule has 0 saturated heterocycles. The molecule has 0 nitrogen and oxygen atoms in total. The van der Waals surface area contributed by atoms with E-state index in [1.165, 1.54) is 80.1 Å². The highest BCUT2D eigenvalue weighted by molar-refractivity contribution is 7.38. The van der Waals surface area contributed by atoms with Crippen molar-refractivity contribution in [1.29, 1.82) is 0 Å². The van der Waals surface area contributed by atoms with Crippen LogP contribution in [0.1, 0.15) is 35.1 Å². The highest BCUT2D eigenvalue weighted by Gasteiger charge is 2.26. The molecule has 1 heteroatoms. The summed E-state index contributed by atoms with van der Waals surface area (Å²) >= 11 is 0. The van der Waals surface area contributed by atoms with Gasteiger partial charge in [-0.3, -0.25) is 0 Å². The third kappa shape index (κ3) is 2.94. The Morgan fingerprint density at radius 1 is 0.500 bits per heavy atom. The van der Waals surface area contributed by atoms with E-state index in [-0.39, 0.29) is 0 Å².